The summed E-state index contributed by atoms with van der Waals surface area (Å²) >= 11 is 0. The summed E-state index contributed by atoms with van der Waals surface area (Å²) < 4.78 is 5.15. The molecule has 17 heavy (non-hydrogen) atoms. The van der Waals surface area contributed by atoms with Crippen molar-refractivity contribution in [2.45, 2.75) is 45.7 Å². The van der Waals surface area contributed by atoms with Crippen LogP contribution in [0.15, 0.2) is 0 Å². The summed E-state index contributed by atoms with van der Waals surface area (Å²) in [5, 5.41) is 3.40. The molecule has 0 bridgehead atoms. The van der Waals surface area contributed by atoms with E-state index in [1.54, 1.807) is 26.1 Å². The molecule has 1 amide bonds. The average Bonchev–Trinajstić information content (AvgIpc) is 2.25. The van der Waals surface area contributed by atoms with E-state index in [0.29, 0.717) is 12.5 Å². The molecule has 0 rings (SSSR count). The monoisotopic (exact) mass is 244 g/mol. The molecular weight excluding hydrogens is 216 g/mol. The smallest absolute Gasteiger partial charge is 0.239 e. The second kappa shape index (κ2) is 8.48. The number of nitrogens with one attached hydrogen (secondary N) is 1. The van der Waals surface area contributed by atoms with Gasteiger partial charge in [-0.25, -0.2) is 0 Å². The molecule has 2 unspecified atom stereocenters. The maximum absolute atomic E-state index is 12.1. The highest BCUT2D eigenvalue weighted by Crippen LogP contribution is 2.08. The van der Waals surface area contributed by atoms with E-state index in [1.807, 2.05) is 0 Å². The number of amides is 1. The summed E-state index contributed by atoms with van der Waals surface area (Å²) in [5.74, 6) is 0.643. The van der Waals surface area contributed by atoms with E-state index >= 15 is 0 Å². The van der Waals surface area contributed by atoms with Crippen molar-refractivity contribution < 1.29 is 9.53 Å². The second-order valence-electron chi connectivity index (χ2n) is 5.14. The largest absolute Gasteiger partial charge is 0.383 e. The molecule has 4 nitrogen and oxygen atoms in total. The molecule has 1 N–H and O–H groups in total. The Bertz CT molecular complexity index is 217. The Kier molecular flexibility index (Phi) is 8.17. The Morgan fingerprint density at radius 1 is 1.35 bits per heavy atom. The Morgan fingerprint density at radius 2 is 1.94 bits per heavy atom. The number of hydrogen-bond donors (Lipinski definition) is 1. The third kappa shape index (κ3) is 6.64. The van der Waals surface area contributed by atoms with Crippen LogP contribution in [0.1, 0.15) is 33.6 Å². The number of ether oxygens (including phenoxy) is 1. The Morgan fingerprint density at radius 3 is 2.29 bits per heavy atom. The molecule has 4 heteroatoms. The summed E-state index contributed by atoms with van der Waals surface area (Å²) in [4.78, 5) is 13.7. The Labute approximate surface area is 106 Å². The first kappa shape index (κ1) is 16.4. The quantitative estimate of drug-likeness (QED) is 0.703. The van der Waals surface area contributed by atoms with Gasteiger partial charge in [-0.05, 0) is 18.8 Å². The van der Waals surface area contributed by atoms with Crippen LogP contribution in [0.25, 0.3) is 0 Å². The van der Waals surface area contributed by atoms with Gasteiger partial charge in [-0.3, -0.25) is 4.79 Å². The number of carbonyl (C=O) groups is 1. The molecule has 2 atom stereocenters. The normalized spacial score (nSPS) is 14.8. The van der Waals surface area contributed by atoms with Crippen LogP contribution in [0.2, 0.25) is 0 Å². The Balaban J connectivity index is 4.51. The van der Waals surface area contributed by atoms with Gasteiger partial charge in [0.05, 0.1) is 12.6 Å². The van der Waals surface area contributed by atoms with Gasteiger partial charge in [0.1, 0.15) is 0 Å². The fourth-order valence-corrected chi connectivity index (χ4v) is 1.79. The number of carbonyl (C=O) groups excluding carboxylic acids is 1. The summed E-state index contributed by atoms with van der Waals surface area (Å²) in [6.07, 6.45) is 1.82. The van der Waals surface area contributed by atoms with Crippen LogP contribution in [-0.4, -0.2) is 50.7 Å². The number of likely N-dealkylation sites (N-methyl/N-ethyl adjacent to an activating group) is 1. The van der Waals surface area contributed by atoms with E-state index in [9.17, 15) is 4.79 Å². The molecule has 0 saturated carbocycles. The first-order valence-electron chi connectivity index (χ1n) is 6.38. The van der Waals surface area contributed by atoms with Gasteiger partial charge in [-0.15, -0.1) is 0 Å². The third-order valence-electron chi connectivity index (χ3n) is 2.74. The van der Waals surface area contributed by atoms with Crippen LogP contribution >= 0.6 is 0 Å². The number of methoxy groups -OCH3 is 1. The van der Waals surface area contributed by atoms with E-state index < -0.39 is 0 Å². The summed E-state index contributed by atoms with van der Waals surface area (Å²) in [5.41, 5.74) is 0. The average molecular weight is 244 g/mol. The molecule has 0 fully saturated rings. The van der Waals surface area contributed by atoms with Crippen LogP contribution in [-0.2, 0) is 9.53 Å². The number of hydrogen-bond acceptors (Lipinski definition) is 3. The van der Waals surface area contributed by atoms with Crippen molar-refractivity contribution in [2.24, 2.45) is 5.92 Å². The third-order valence-corrected chi connectivity index (χ3v) is 2.74. The highest BCUT2D eigenvalue weighted by Gasteiger charge is 2.23. The zero-order valence-electron chi connectivity index (χ0n) is 12.1. The molecule has 102 valence electrons. The molecule has 0 aromatic carbocycles. The van der Waals surface area contributed by atoms with Gasteiger partial charge >= 0.3 is 0 Å². The predicted molar refractivity (Wildman–Crippen MR) is 71.0 cm³/mol. The van der Waals surface area contributed by atoms with Crippen LogP contribution in [0.4, 0.5) is 0 Å². The molecule has 0 heterocycles. The topological polar surface area (TPSA) is 41.6 Å². The van der Waals surface area contributed by atoms with E-state index in [1.165, 1.54) is 0 Å². The summed E-state index contributed by atoms with van der Waals surface area (Å²) in [6.45, 7) is 7.01. The van der Waals surface area contributed by atoms with Crippen molar-refractivity contribution >= 4 is 5.91 Å². The van der Waals surface area contributed by atoms with E-state index in [4.69, 9.17) is 4.74 Å². The lowest BCUT2D eigenvalue weighted by Crippen LogP contribution is -2.49. The molecular formula is C13H28N2O2. The minimum Gasteiger partial charge on any atom is -0.383 e. The first-order valence-corrected chi connectivity index (χ1v) is 6.38. The van der Waals surface area contributed by atoms with Crippen LogP contribution in [0.5, 0.6) is 0 Å². The maximum Gasteiger partial charge on any atom is 0.239 e. The van der Waals surface area contributed by atoms with Gasteiger partial charge in [0, 0.05) is 27.2 Å². The maximum atomic E-state index is 12.1. The fourth-order valence-electron chi connectivity index (χ4n) is 1.79. The lowest BCUT2D eigenvalue weighted by Gasteiger charge is -2.27. The molecule has 0 aliphatic rings. The fraction of sp³-hybridized carbons (Fsp3) is 0.923. The van der Waals surface area contributed by atoms with Gasteiger partial charge in [0.2, 0.25) is 5.91 Å². The van der Waals surface area contributed by atoms with Crippen LogP contribution in [0.3, 0.4) is 0 Å². The SMILES string of the molecule is CCC(COC)NC(CC(C)C)C(=O)N(C)C. The summed E-state index contributed by atoms with van der Waals surface area (Å²) in [6, 6.07) is 0.137. The van der Waals surface area contributed by atoms with E-state index in [-0.39, 0.29) is 18.0 Å². The van der Waals surface area contributed by atoms with Gasteiger partial charge in [0.15, 0.2) is 0 Å². The van der Waals surface area contributed by atoms with Gasteiger partial charge in [0.25, 0.3) is 0 Å². The highest BCUT2D eigenvalue weighted by molar-refractivity contribution is 5.81. The summed E-state index contributed by atoms with van der Waals surface area (Å²) in [7, 11) is 5.29. The van der Waals surface area contributed by atoms with Crippen molar-refractivity contribution in [3.05, 3.63) is 0 Å². The highest BCUT2D eigenvalue weighted by atomic mass is 16.5. The zero-order valence-corrected chi connectivity index (χ0v) is 12.1. The second-order valence-corrected chi connectivity index (χ2v) is 5.14. The van der Waals surface area contributed by atoms with Crippen molar-refractivity contribution in [3.63, 3.8) is 0 Å². The molecule has 0 spiro atoms. The molecule has 0 radical (unpaired) electrons. The molecule has 0 aliphatic carbocycles. The Hall–Kier alpha value is -0.610. The molecule has 0 aliphatic heterocycles. The molecule has 0 aromatic heterocycles. The lowest BCUT2D eigenvalue weighted by molar-refractivity contribution is -0.131. The first-order chi connectivity index (χ1) is 7.92. The molecule has 0 saturated heterocycles. The minimum atomic E-state index is -0.106. The van der Waals surface area contributed by atoms with Gasteiger partial charge in [-0.2, -0.15) is 0 Å². The lowest BCUT2D eigenvalue weighted by atomic mass is 10.0. The minimum absolute atomic E-state index is 0.106. The van der Waals surface area contributed by atoms with Crippen molar-refractivity contribution in [2.75, 3.05) is 27.8 Å². The standard InChI is InChI=1S/C13H28N2O2/c1-7-11(9-17-6)14-12(8-10(2)3)13(16)15(4)5/h10-12,14H,7-9H2,1-6H3. The van der Waals surface area contributed by atoms with Crippen LogP contribution < -0.4 is 5.32 Å². The van der Waals surface area contributed by atoms with Gasteiger partial charge in [-0.1, -0.05) is 20.8 Å². The predicted octanol–water partition coefficient (Wildman–Crippen LogP) is 1.50. The van der Waals surface area contributed by atoms with Gasteiger partial charge < -0.3 is 15.0 Å². The number of rotatable bonds is 8. The van der Waals surface area contributed by atoms with E-state index in [0.717, 1.165) is 12.8 Å². The van der Waals surface area contributed by atoms with Crippen molar-refractivity contribution in [1.29, 1.82) is 0 Å². The van der Waals surface area contributed by atoms with Crippen LogP contribution in [0, 0.1) is 5.92 Å². The van der Waals surface area contributed by atoms with Crippen molar-refractivity contribution in [3.8, 4) is 0 Å². The molecule has 0 aromatic rings. The number of nitrogens with zero attached hydrogens (tertiary/aromatic N) is 1. The van der Waals surface area contributed by atoms with E-state index in [2.05, 4.69) is 26.1 Å². The van der Waals surface area contributed by atoms with Crippen molar-refractivity contribution in [1.82, 2.24) is 10.2 Å². The zero-order chi connectivity index (χ0) is 13.4.